The zero-order valence-electron chi connectivity index (χ0n) is 18.1. The van der Waals surface area contributed by atoms with Crippen LogP contribution >= 0.6 is 0 Å². The maximum absolute atomic E-state index is 12.4. The second-order valence-corrected chi connectivity index (χ2v) is 7.85. The number of hydrogen-bond donors (Lipinski definition) is 1. The number of aromatic nitrogens is 7. The molecule has 0 aliphatic carbocycles. The third-order valence-corrected chi connectivity index (χ3v) is 5.57. The van der Waals surface area contributed by atoms with Gasteiger partial charge in [0.1, 0.15) is 0 Å². The van der Waals surface area contributed by atoms with Gasteiger partial charge in [-0.3, -0.25) is 14.2 Å². The van der Waals surface area contributed by atoms with Crippen LogP contribution in [0.2, 0.25) is 0 Å². The summed E-state index contributed by atoms with van der Waals surface area (Å²) >= 11 is 0. The van der Waals surface area contributed by atoms with E-state index in [9.17, 15) is 4.79 Å². The molecule has 1 atom stereocenters. The Morgan fingerprint density at radius 3 is 2.56 bits per heavy atom. The van der Waals surface area contributed by atoms with Gasteiger partial charge in [0.2, 0.25) is 11.9 Å². The highest BCUT2D eigenvalue weighted by atomic mass is 16.2. The van der Waals surface area contributed by atoms with Crippen molar-refractivity contribution in [2.24, 2.45) is 14.1 Å². The number of rotatable bonds is 5. The van der Waals surface area contributed by atoms with E-state index < -0.39 is 0 Å². The lowest BCUT2D eigenvalue weighted by atomic mass is 10.0. The molecule has 1 amide bonds. The zero-order valence-corrected chi connectivity index (χ0v) is 18.1. The average molecular weight is 429 g/mol. The first-order valence-electron chi connectivity index (χ1n) is 10.3. The highest BCUT2D eigenvalue weighted by molar-refractivity contribution is 5.85. The number of likely N-dealkylation sites (tertiary alicyclic amines) is 1. The quantitative estimate of drug-likeness (QED) is 0.519. The van der Waals surface area contributed by atoms with Gasteiger partial charge in [-0.15, -0.1) is 0 Å². The topological polar surface area (TPSA) is 107 Å². The highest BCUT2D eigenvalue weighted by Crippen LogP contribution is 2.30. The first-order chi connectivity index (χ1) is 15.5. The average Bonchev–Trinajstić information content (AvgIpc) is 3.48. The van der Waals surface area contributed by atoms with Crippen LogP contribution in [0.3, 0.4) is 0 Å². The number of amides is 1. The Morgan fingerprint density at radius 1 is 1.00 bits per heavy atom. The van der Waals surface area contributed by atoms with Crippen LogP contribution < -0.4 is 5.32 Å². The predicted octanol–water partition coefficient (Wildman–Crippen LogP) is 2.36. The lowest BCUT2D eigenvalue weighted by molar-refractivity contribution is -0.127. The lowest BCUT2D eigenvalue weighted by Gasteiger charge is -2.07. The predicted molar refractivity (Wildman–Crippen MR) is 119 cm³/mol. The van der Waals surface area contributed by atoms with E-state index >= 15 is 0 Å². The fraction of sp³-hybridized carbons (Fsp3) is 0.273. The largest absolute Gasteiger partial charge is 0.345 e. The van der Waals surface area contributed by atoms with Gasteiger partial charge in [0, 0.05) is 46.1 Å². The van der Waals surface area contributed by atoms with E-state index in [1.807, 2.05) is 63.7 Å². The summed E-state index contributed by atoms with van der Waals surface area (Å²) in [6.07, 6.45) is 4.31. The minimum absolute atomic E-state index is 0.116. The molecule has 0 radical (unpaired) electrons. The van der Waals surface area contributed by atoms with Crippen LogP contribution in [0.5, 0.6) is 0 Å². The van der Waals surface area contributed by atoms with Gasteiger partial charge in [-0.2, -0.15) is 10.2 Å². The maximum atomic E-state index is 12.4. The number of nitrogens with zero attached hydrogens (tertiary/aromatic N) is 8. The molecule has 1 aliphatic rings. The van der Waals surface area contributed by atoms with E-state index in [0.717, 1.165) is 30.0 Å². The molecular weight excluding hydrogens is 406 g/mol. The van der Waals surface area contributed by atoms with Gasteiger partial charge in [-0.25, -0.2) is 15.0 Å². The Hall–Kier alpha value is -4.08. The SMILES string of the molecule is CN1CC[C@@H](c2cc(-c3cccc(-c4ccnc(Nc5ccn(C)n5)n4)n3)n(C)n2)C1=O. The summed E-state index contributed by atoms with van der Waals surface area (Å²) in [5.41, 5.74) is 3.81. The fourth-order valence-corrected chi connectivity index (χ4v) is 3.87. The summed E-state index contributed by atoms with van der Waals surface area (Å²) in [6.45, 7) is 0.756. The normalized spacial score (nSPS) is 16.0. The zero-order chi connectivity index (χ0) is 22.2. The van der Waals surface area contributed by atoms with Crippen molar-refractivity contribution < 1.29 is 4.79 Å². The summed E-state index contributed by atoms with van der Waals surface area (Å²) in [5, 5.41) is 12.0. The molecule has 4 aromatic heterocycles. The van der Waals surface area contributed by atoms with Gasteiger partial charge in [0.25, 0.3) is 0 Å². The summed E-state index contributed by atoms with van der Waals surface area (Å²) in [5.74, 6) is 1.04. The summed E-state index contributed by atoms with van der Waals surface area (Å²) < 4.78 is 3.48. The van der Waals surface area contributed by atoms with Crippen molar-refractivity contribution in [2.75, 3.05) is 18.9 Å². The molecule has 0 spiro atoms. The van der Waals surface area contributed by atoms with Crippen molar-refractivity contribution in [3.05, 3.63) is 54.5 Å². The number of likely N-dealkylation sites (N-methyl/N-ethyl adjacent to an activating group) is 1. The highest BCUT2D eigenvalue weighted by Gasteiger charge is 2.32. The molecule has 4 aromatic rings. The Labute approximate surface area is 184 Å². The van der Waals surface area contributed by atoms with Crippen molar-refractivity contribution in [1.29, 1.82) is 0 Å². The molecule has 1 fully saturated rings. The number of aryl methyl sites for hydroxylation is 2. The van der Waals surface area contributed by atoms with Gasteiger partial charge in [0.05, 0.1) is 34.4 Å². The van der Waals surface area contributed by atoms with Crippen LogP contribution in [0.25, 0.3) is 22.8 Å². The Balaban J connectivity index is 1.43. The van der Waals surface area contributed by atoms with E-state index in [1.165, 1.54) is 0 Å². The minimum Gasteiger partial charge on any atom is -0.345 e. The fourth-order valence-electron chi connectivity index (χ4n) is 3.87. The van der Waals surface area contributed by atoms with E-state index in [0.29, 0.717) is 23.2 Å². The van der Waals surface area contributed by atoms with Gasteiger partial charge < -0.3 is 10.2 Å². The van der Waals surface area contributed by atoms with Crippen LogP contribution in [-0.2, 0) is 18.9 Å². The van der Waals surface area contributed by atoms with Gasteiger partial charge in [-0.05, 0) is 30.7 Å². The van der Waals surface area contributed by atoms with Gasteiger partial charge in [0.15, 0.2) is 5.82 Å². The van der Waals surface area contributed by atoms with Gasteiger partial charge in [-0.1, -0.05) is 6.07 Å². The second-order valence-electron chi connectivity index (χ2n) is 7.85. The number of hydrogen-bond acceptors (Lipinski definition) is 7. The molecule has 0 aromatic carbocycles. The molecule has 1 saturated heterocycles. The van der Waals surface area contributed by atoms with Crippen molar-refractivity contribution in [1.82, 2.24) is 39.4 Å². The smallest absolute Gasteiger partial charge is 0.231 e. The van der Waals surface area contributed by atoms with E-state index in [2.05, 4.69) is 25.5 Å². The van der Waals surface area contributed by atoms with Gasteiger partial charge >= 0.3 is 0 Å². The summed E-state index contributed by atoms with van der Waals surface area (Å²) in [7, 11) is 5.55. The van der Waals surface area contributed by atoms with Crippen molar-refractivity contribution in [3.8, 4) is 22.8 Å². The molecule has 10 nitrogen and oxygen atoms in total. The van der Waals surface area contributed by atoms with Crippen LogP contribution in [0.15, 0.2) is 48.8 Å². The van der Waals surface area contributed by atoms with Crippen LogP contribution in [0.4, 0.5) is 11.8 Å². The van der Waals surface area contributed by atoms with Crippen LogP contribution in [-0.4, -0.2) is 58.9 Å². The second kappa shape index (κ2) is 7.88. The number of anilines is 2. The Morgan fingerprint density at radius 2 is 1.81 bits per heavy atom. The summed E-state index contributed by atoms with van der Waals surface area (Å²) in [4.78, 5) is 27.8. The van der Waals surface area contributed by atoms with Crippen LogP contribution in [0, 0.1) is 0 Å². The standard InChI is InChI=1S/C22H23N9O/c1-29-11-8-14(21(29)32)18-13-19(31(3)27-18)17-6-4-5-15(24-17)16-7-10-23-22(25-16)26-20-9-12-30(2)28-20/h4-7,9-10,12-14H,8,11H2,1-3H3,(H,23,25,26,28)/t14-/m0/s1. The number of carbonyl (C=O) groups excluding carboxylic acids is 1. The molecule has 0 unspecified atom stereocenters. The lowest BCUT2D eigenvalue weighted by Crippen LogP contribution is -2.21. The van der Waals surface area contributed by atoms with Crippen molar-refractivity contribution >= 4 is 17.7 Å². The third-order valence-electron chi connectivity index (χ3n) is 5.57. The molecule has 0 bridgehead atoms. The third kappa shape index (κ3) is 3.70. The first-order valence-corrected chi connectivity index (χ1v) is 10.3. The van der Waals surface area contributed by atoms with Crippen molar-refractivity contribution in [3.63, 3.8) is 0 Å². The number of carbonyl (C=O) groups is 1. The maximum Gasteiger partial charge on any atom is 0.231 e. The minimum atomic E-state index is -0.190. The molecule has 5 rings (SSSR count). The molecular formula is C22H23N9O. The van der Waals surface area contributed by atoms with E-state index in [1.54, 1.807) is 20.5 Å². The number of pyridine rings is 1. The Kier molecular flexibility index (Phi) is 4.89. The molecule has 1 aliphatic heterocycles. The molecule has 0 saturated carbocycles. The number of nitrogens with one attached hydrogen (secondary N) is 1. The monoisotopic (exact) mass is 429 g/mol. The van der Waals surface area contributed by atoms with E-state index in [4.69, 9.17) is 4.98 Å². The molecule has 1 N–H and O–H groups in total. The molecule has 10 heteroatoms. The molecule has 5 heterocycles. The first kappa shape index (κ1) is 19.9. The van der Waals surface area contributed by atoms with E-state index in [-0.39, 0.29) is 11.8 Å². The van der Waals surface area contributed by atoms with Crippen LogP contribution in [0.1, 0.15) is 18.0 Å². The Bertz CT molecular complexity index is 1290. The molecule has 162 valence electrons. The molecule has 32 heavy (non-hydrogen) atoms. The van der Waals surface area contributed by atoms with Crippen molar-refractivity contribution in [2.45, 2.75) is 12.3 Å². The summed E-state index contributed by atoms with van der Waals surface area (Å²) in [6, 6.07) is 11.4.